The summed E-state index contributed by atoms with van der Waals surface area (Å²) in [6, 6.07) is 3.46. The monoisotopic (exact) mass is 273 g/mol. The van der Waals surface area contributed by atoms with E-state index in [9.17, 15) is 9.59 Å². The number of nitrogens with two attached hydrogens (primary N) is 1. The molecule has 0 fully saturated rings. The lowest BCUT2D eigenvalue weighted by Crippen LogP contribution is -2.30. The fraction of sp³-hybridized carbons (Fsp3) is 0.333. The molecule has 0 aromatic carbocycles. The maximum atomic E-state index is 11.5. The number of aryl methyl sites for hydroxylation is 1. The van der Waals surface area contributed by atoms with E-state index in [2.05, 4.69) is 15.9 Å². The van der Waals surface area contributed by atoms with E-state index >= 15 is 0 Å². The van der Waals surface area contributed by atoms with Gasteiger partial charge < -0.3 is 4.57 Å². The summed E-state index contributed by atoms with van der Waals surface area (Å²) in [4.78, 5) is 22.3. The summed E-state index contributed by atoms with van der Waals surface area (Å²) in [7, 11) is 0. The van der Waals surface area contributed by atoms with Crippen LogP contribution in [0, 0.1) is 0 Å². The predicted octanol–water partition coefficient (Wildman–Crippen LogP) is 0.381. The number of nitrogens with zero attached hydrogens (tertiary/aromatic N) is 1. The number of amides is 1. The summed E-state index contributed by atoms with van der Waals surface area (Å²) in [6.07, 6.45) is 2.59. The minimum atomic E-state index is -0.224. The third-order valence-electron chi connectivity index (χ3n) is 1.94. The first kappa shape index (κ1) is 11.9. The molecule has 0 saturated heterocycles. The highest BCUT2D eigenvalue weighted by atomic mass is 79.9. The smallest absolute Gasteiger partial charge is 0.264 e. The van der Waals surface area contributed by atoms with Gasteiger partial charge in [-0.2, -0.15) is 0 Å². The van der Waals surface area contributed by atoms with Crippen LogP contribution < -0.4 is 16.8 Å². The number of carbonyl (C=O) groups excluding carboxylic acids is 1. The van der Waals surface area contributed by atoms with Crippen molar-refractivity contribution in [3.63, 3.8) is 0 Å². The number of aromatic nitrogens is 1. The Kier molecular flexibility index (Phi) is 4.51. The fourth-order valence-corrected chi connectivity index (χ4v) is 1.55. The minimum absolute atomic E-state index is 0.0920. The Labute approximate surface area is 95.4 Å². The summed E-state index contributed by atoms with van der Waals surface area (Å²) >= 11 is 3.15. The first-order valence-electron chi connectivity index (χ1n) is 4.49. The van der Waals surface area contributed by atoms with E-state index in [1.807, 2.05) is 5.43 Å². The molecular weight excluding hydrogens is 262 g/mol. The van der Waals surface area contributed by atoms with Crippen LogP contribution in [-0.4, -0.2) is 10.5 Å². The molecule has 0 atom stereocenters. The second-order valence-electron chi connectivity index (χ2n) is 3.03. The van der Waals surface area contributed by atoms with Gasteiger partial charge in [0.25, 0.3) is 5.56 Å². The Hall–Kier alpha value is -1.14. The Balaban J connectivity index is 2.55. The van der Waals surface area contributed by atoms with Crippen LogP contribution in [-0.2, 0) is 11.3 Å². The molecule has 1 aromatic rings. The van der Waals surface area contributed by atoms with Crippen molar-refractivity contribution in [2.24, 2.45) is 5.84 Å². The maximum Gasteiger partial charge on any atom is 0.264 e. The molecule has 0 spiro atoms. The molecule has 5 nitrogen and oxygen atoms in total. The van der Waals surface area contributed by atoms with Gasteiger partial charge in [0, 0.05) is 19.2 Å². The van der Waals surface area contributed by atoms with Gasteiger partial charge in [0.05, 0.1) is 4.47 Å². The largest absolute Gasteiger partial charge is 0.315 e. The van der Waals surface area contributed by atoms with Crippen LogP contribution in [0.3, 0.4) is 0 Å². The van der Waals surface area contributed by atoms with Crippen molar-refractivity contribution in [2.45, 2.75) is 19.4 Å². The van der Waals surface area contributed by atoms with E-state index in [1.165, 1.54) is 0 Å². The second-order valence-corrected chi connectivity index (χ2v) is 3.88. The van der Waals surface area contributed by atoms with Crippen molar-refractivity contribution in [2.75, 3.05) is 0 Å². The normalized spacial score (nSPS) is 10.0. The molecule has 1 rings (SSSR count). The van der Waals surface area contributed by atoms with E-state index < -0.39 is 0 Å². The summed E-state index contributed by atoms with van der Waals surface area (Å²) < 4.78 is 2.07. The minimum Gasteiger partial charge on any atom is -0.315 e. The quantitative estimate of drug-likeness (QED) is 0.473. The van der Waals surface area contributed by atoms with Crippen LogP contribution in [0.5, 0.6) is 0 Å². The van der Waals surface area contributed by atoms with Crippen LogP contribution >= 0.6 is 15.9 Å². The molecule has 1 amide bonds. The first-order valence-corrected chi connectivity index (χ1v) is 5.29. The molecule has 0 aliphatic carbocycles. The number of hydrazine groups is 1. The number of nitrogens with one attached hydrogen (secondary N) is 1. The van der Waals surface area contributed by atoms with Crippen LogP contribution in [0.4, 0.5) is 0 Å². The van der Waals surface area contributed by atoms with Gasteiger partial charge in [-0.3, -0.25) is 15.0 Å². The van der Waals surface area contributed by atoms with Crippen molar-refractivity contribution in [3.8, 4) is 0 Å². The molecule has 0 radical (unpaired) electrons. The van der Waals surface area contributed by atoms with Gasteiger partial charge in [-0.1, -0.05) is 0 Å². The van der Waals surface area contributed by atoms with Gasteiger partial charge in [0.2, 0.25) is 5.91 Å². The molecule has 0 aliphatic rings. The topological polar surface area (TPSA) is 77.1 Å². The highest BCUT2D eigenvalue weighted by Crippen LogP contribution is 2.01. The van der Waals surface area contributed by atoms with Crippen molar-refractivity contribution >= 4 is 21.8 Å². The standard InChI is InChI=1S/C9H12BrN3O2/c10-7-3-1-5-13(9(7)15)6-2-4-8(14)12-11/h1,3,5H,2,4,6,11H2,(H,12,14). The third-order valence-corrected chi connectivity index (χ3v) is 2.54. The number of hydrogen-bond acceptors (Lipinski definition) is 3. The molecule has 1 heterocycles. The summed E-state index contributed by atoms with van der Waals surface area (Å²) in [5.41, 5.74) is 1.95. The highest BCUT2D eigenvalue weighted by Gasteiger charge is 2.01. The van der Waals surface area contributed by atoms with Gasteiger partial charge in [-0.25, -0.2) is 5.84 Å². The zero-order valence-corrected chi connectivity index (χ0v) is 9.66. The SMILES string of the molecule is NNC(=O)CCCn1cccc(Br)c1=O. The van der Waals surface area contributed by atoms with Crippen molar-refractivity contribution in [3.05, 3.63) is 33.2 Å². The number of hydrogen-bond donors (Lipinski definition) is 2. The van der Waals surface area contributed by atoms with Crippen molar-refractivity contribution in [1.82, 2.24) is 9.99 Å². The van der Waals surface area contributed by atoms with Crippen LogP contribution in [0.25, 0.3) is 0 Å². The average molecular weight is 274 g/mol. The third kappa shape index (κ3) is 3.49. The zero-order chi connectivity index (χ0) is 11.3. The molecule has 6 heteroatoms. The molecule has 15 heavy (non-hydrogen) atoms. The predicted molar refractivity (Wildman–Crippen MR) is 60.0 cm³/mol. The van der Waals surface area contributed by atoms with E-state index in [0.29, 0.717) is 23.9 Å². The number of carbonyl (C=O) groups is 1. The van der Waals surface area contributed by atoms with Gasteiger partial charge in [-0.15, -0.1) is 0 Å². The Morgan fingerprint density at radius 2 is 2.33 bits per heavy atom. The molecule has 0 unspecified atom stereocenters. The molecule has 3 N–H and O–H groups in total. The van der Waals surface area contributed by atoms with Gasteiger partial charge in [0.15, 0.2) is 0 Å². The molecule has 0 bridgehead atoms. The molecular formula is C9H12BrN3O2. The molecule has 82 valence electrons. The Morgan fingerprint density at radius 3 is 3.00 bits per heavy atom. The van der Waals surface area contributed by atoms with Gasteiger partial charge in [-0.05, 0) is 34.5 Å². The van der Waals surface area contributed by atoms with E-state index in [0.717, 1.165) is 0 Å². The van der Waals surface area contributed by atoms with Crippen LogP contribution in [0.15, 0.2) is 27.6 Å². The Morgan fingerprint density at radius 1 is 1.60 bits per heavy atom. The number of halogens is 1. The van der Waals surface area contributed by atoms with Crippen molar-refractivity contribution < 1.29 is 4.79 Å². The number of pyridine rings is 1. The van der Waals surface area contributed by atoms with E-state index in [1.54, 1.807) is 22.9 Å². The van der Waals surface area contributed by atoms with E-state index in [-0.39, 0.29) is 11.5 Å². The lowest BCUT2D eigenvalue weighted by Gasteiger charge is -2.04. The summed E-state index contributed by atoms with van der Waals surface area (Å²) in [5.74, 6) is 4.71. The lowest BCUT2D eigenvalue weighted by molar-refractivity contribution is -0.121. The molecule has 0 aliphatic heterocycles. The lowest BCUT2D eigenvalue weighted by atomic mass is 10.3. The summed E-state index contributed by atoms with van der Waals surface area (Å²) in [6.45, 7) is 0.506. The fourth-order valence-electron chi connectivity index (χ4n) is 1.17. The summed E-state index contributed by atoms with van der Waals surface area (Å²) in [5, 5.41) is 0. The van der Waals surface area contributed by atoms with Crippen LogP contribution in [0.2, 0.25) is 0 Å². The number of rotatable bonds is 4. The van der Waals surface area contributed by atoms with E-state index in [4.69, 9.17) is 5.84 Å². The average Bonchev–Trinajstić information content (AvgIpc) is 2.24. The second kappa shape index (κ2) is 5.67. The van der Waals surface area contributed by atoms with Gasteiger partial charge in [0.1, 0.15) is 0 Å². The zero-order valence-electron chi connectivity index (χ0n) is 8.07. The highest BCUT2D eigenvalue weighted by molar-refractivity contribution is 9.10. The van der Waals surface area contributed by atoms with Gasteiger partial charge >= 0.3 is 0 Å². The van der Waals surface area contributed by atoms with Crippen molar-refractivity contribution in [1.29, 1.82) is 0 Å². The first-order chi connectivity index (χ1) is 7.15. The van der Waals surface area contributed by atoms with Crippen LogP contribution in [0.1, 0.15) is 12.8 Å². The Bertz CT molecular complexity index is 403. The maximum absolute atomic E-state index is 11.5. The molecule has 0 saturated carbocycles. The molecule has 1 aromatic heterocycles.